The van der Waals surface area contributed by atoms with Crippen molar-refractivity contribution in [1.82, 2.24) is 14.7 Å². The smallest absolute Gasteiger partial charge is 0.325 e. The van der Waals surface area contributed by atoms with Gasteiger partial charge in [0.05, 0.1) is 12.3 Å². The van der Waals surface area contributed by atoms with Gasteiger partial charge in [-0.2, -0.15) is 5.10 Å². The van der Waals surface area contributed by atoms with Crippen molar-refractivity contribution >= 4 is 11.9 Å². The van der Waals surface area contributed by atoms with E-state index < -0.39 is 0 Å². The normalized spacial score (nSPS) is 14.3. The number of carbonyl (C=O) groups is 2. The molecule has 1 aromatic heterocycles. The first kappa shape index (κ1) is 13.6. The first-order valence-corrected chi connectivity index (χ1v) is 6.50. The Morgan fingerprint density at radius 1 is 1.53 bits per heavy atom. The first-order chi connectivity index (χ1) is 9.02. The number of carbonyl (C=O) groups excluding carboxylic acids is 2. The summed E-state index contributed by atoms with van der Waals surface area (Å²) in [6.07, 6.45) is 1.89. The highest BCUT2D eigenvalue weighted by molar-refractivity contribution is 5.95. The van der Waals surface area contributed by atoms with E-state index in [-0.39, 0.29) is 24.5 Å². The molecule has 0 aliphatic heterocycles. The zero-order chi connectivity index (χ0) is 14.0. The molecule has 0 N–H and O–H groups in total. The molecule has 0 atom stereocenters. The zero-order valence-corrected chi connectivity index (χ0v) is 11.5. The third kappa shape index (κ3) is 3.13. The van der Waals surface area contributed by atoms with Gasteiger partial charge in [0.2, 0.25) is 0 Å². The summed E-state index contributed by atoms with van der Waals surface area (Å²) in [4.78, 5) is 25.6. The number of ether oxygens (including phenoxy) is 1. The van der Waals surface area contributed by atoms with Crippen molar-refractivity contribution in [1.29, 1.82) is 0 Å². The maximum Gasteiger partial charge on any atom is 0.325 e. The van der Waals surface area contributed by atoms with Crippen LogP contribution in [-0.2, 0) is 16.6 Å². The molecule has 1 heterocycles. The summed E-state index contributed by atoms with van der Waals surface area (Å²) < 4.78 is 6.47. The highest BCUT2D eigenvalue weighted by atomic mass is 16.5. The number of aromatic nitrogens is 2. The molecule has 104 valence electrons. The number of rotatable bonds is 5. The van der Waals surface area contributed by atoms with Gasteiger partial charge in [-0.25, -0.2) is 0 Å². The second kappa shape index (κ2) is 5.42. The van der Waals surface area contributed by atoms with E-state index in [9.17, 15) is 9.59 Å². The monoisotopic (exact) mass is 265 g/mol. The van der Waals surface area contributed by atoms with Crippen molar-refractivity contribution < 1.29 is 14.3 Å². The maximum atomic E-state index is 12.5. The highest BCUT2D eigenvalue weighted by Gasteiger charge is 2.35. The Hall–Kier alpha value is -1.85. The molecular weight excluding hydrogens is 246 g/mol. The van der Waals surface area contributed by atoms with E-state index in [4.69, 9.17) is 4.74 Å². The molecule has 1 aliphatic rings. The van der Waals surface area contributed by atoms with E-state index in [2.05, 4.69) is 5.10 Å². The molecule has 2 rings (SSSR count). The number of amides is 1. The fraction of sp³-hybridized carbons (Fsp3) is 0.615. The van der Waals surface area contributed by atoms with Crippen LogP contribution in [0, 0.1) is 6.92 Å². The number of nitrogens with zero attached hydrogens (tertiary/aromatic N) is 3. The van der Waals surface area contributed by atoms with Crippen molar-refractivity contribution in [3.63, 3.8) is 0 Å². The van der Waals surface area contributed by atoms with E-state index in [0.29, 0.717) is 12.3 Å². The molecule has 1 aromatic rings. The Balaban J connectivity index is 2.13. The average molecular weight is 265 g/mol. The lowest BCUT2D eigenvalue weighted by atomic mass is 10.3. The van der Waals surface area contributed by atoms with Crippen LogP contribution in [0.25, 0.3) is 0 Å². The van der Waals surface area contributed by atoms with Gasteiger partial charge in [-0.3, -0.25) is 14.3 Å². The molecule has 0 spiro atoms. The van der Waals surface area contributed by atoms with Crippen molar-refractivity contribution in [3.05, 3.63) is 17.5 Å². The average Bonchev–Trinajstić information content (AvgIpc) is 3.11. The topological polar surface area (TPSA) is 64.4 Å². The Morgan fingerprint density at radius 3 is 2.68 bits per heavy atom. The van der Waals surface area contributed by atoms with Crippen LogP contribution in [0.15, 0.2) is 6.07 Å². The predicted molar refractivity (Wildman–Crippen MR) is 68.6 cm³/mol. The van der Waals surface area contributed by atoms with Crippen LogP contribution < -0.4 is 0 Å². The lowest BCUT2D eigenvalue weighted by Crippen LogP contribution is -2.39. The van der Waals surface area contributed by atoms with Crippen molar-refractivity contribution in [2.45, 2.75) is 32.7 Å². The van der Waals surface area contributed by atoms with E-state index in [1.165, 1.54) is 0 Å². The van der Waals surface area contributed by atoms with Gasteiger partial charge in [0.1, 0.15) is 12.2 Å². The molecule has 0 radical (unpaired) electrons. The summed E-state index contributed by atoms with van der Waals surface area (Å²) in [6, 6.07) is 1.90. The molecule has 6 nitrogen and oxygen atoms in total. The fourth-order valence-corrected chi connectivity index (χ4v) is 2.06. The molecule has 1 saturated carbocycles. The zero-order valence-electron chi connectivity index (χ0n) is 11.5. The van der Waals surface area contributed by atoms with Crippen LogP contribution in [0.5, 0.6) is 0 Å². The number of hydrogen-bond acceptors (Lipinski definition) is 4. The SMILES string of the molecule is CCOC(=O)CN(C(=O)c1cc(C)nn1C)C1CC1. The number of aryl methyl sites for hydroxylation is 2. The van der Waals surface area contributed by atoms with Crippen LogP contribution in [0.4, 0.5) is 0 Å². The Kier molecular flexibility index (Phi) is 3.87. The predicted octanol–water partition coefficient (Wildman–Crippen LogP) is 0.896. The van der Waals surface area contributed by atoms with Gasteiger partial charge in [-0.1, -0.05) is 0 Å². The minimum atomic E-state index is -0.360. The standard InChI is InChI=1S/C13H19N3O3/c1-4-19-12(17)8-16(10-5-6-10)13(18)11-7-9(2)14-15(11)3/h7,10H,4-6,8H2,1-3H3. The number of esters is 1. The molecule has 1 amide bonds. The molecule has 1 fully saturated rings. The summed E-state index contributed by atoms with van der Waals surface area (Å²) in [5, 5.41) is 4.16. The molecule has 0 saturated heterocycles. The molecule has 6 heteroatoms. The summed E-state index contributed by atoms with van der Waals surface area (Å²) in [6.45, 7) is 3.94. The van der Waals surface area contributed by atoms with Crippen LogP contribution in [-0.4, -0.2) is 45.8 Å². The van der Waals surface area contributed by atoms with Crippen molar-refractivity contribution in [3.8, 4) is 0 Å². The Labute approximate surface area is 112 Å². The lowest BCUT2D eigenvalue weighted by Gasteiger charge is -2.21. The molecule has 0 aromatic carbocycles. The third-order valence-electron chi connectivity index (χ3n) is 3.07. The van der Waals surface area contributed by atoms with Gasteiger partial charge in [0.15, 0.2) is 0 Å². The maximum absolute atomic E-state index is 12.5. The lowest BCUT2D eigenvalue weighted by molar-refractivity contribution is -0.144. The fourth-order valence-electron chi connectivity index (χ4n) is 2.06. The Bertz CT molecular complexity index is 491. The molecule has 0 bridgehead atoms. The van der Waals surface area contributed by atoms with Gasteiger partial charge in [0, 0.05) is 13.1 Å². The van der Waals surface area contributed by atoms with E-state index in [1.54, 1.807) is 29.6 Å². The van der Waals surface area contributed by atoms with E-state index in [1.807, 2.05) is 6.92 Å². The molecular formula is C13H19N3O3. The second-order valence-electron chi connectivity index (χ2n) is 4.76. The number of hydrogen-bond donors (Lipinski definition) is 0. The Morgan fingerprint density at radius 2 is 2.21 bits per heavy atom. The van der Waals surface area contributed by atoms with Gasteiger partial charge >= 0.3 is 5.97 Å². The van der Waals surface area contributed by atoms with E-state index in [0.717, 1.165) is 18.5 Å². The van der Waals surface area contributed by atoms with Gasteiger partial charge in [0.25, 0.3) is 5.91 Å². The second-order valence-corrected chi connectivity index (χ2v) is 4.76. The summed E-state index contributed by atoms with van der Waals surface area (Å²) in [5.74, 6) is -0.514. The van der Waals surface area contributed by atoms with Crippen LogP contribution in [0.2, 0.25) is 0 Å². The highest BCUT2D eigenvalue weighted by Crippen LogP contribution is 2.28. The van der Waals surface area contributed by atoms with Crippen LogP contribution in [0.1, 0.15) is 35.9 Å². The first-order valence-electron chi connectivity index (χ1n) is 6.50. The minimum absolute atomic E-state index is 0.0154. The molecule has 0 unspecified atom stereocenters. The van der Waals surface area contributed by atoms with Crippen molar-refractivity contribution in [2.75, 3.05) is 13.2 Å². The van der Waals surface area contributed by atoms with Gasteiger partial charge < -0.3 is 9.64 Å². The minimum Gasteiger partial charge on any atom is -0.465 e. The largest absolute Gasteiger partial charge is 0.465 e. The van der Waals surface area contributed by atoms with Gasteiger partial charge in [-0.15, -0.1) is 0 Å². The van der Waals surface area contributed by atoms with E-state index >= 15 is 0 Å². The van der Waals surface area contributed by atoms with Crippen LogP contribution >= 0.6 is 0 Å². The summed E-state index contributed by atoms with van der Waals surface area (Å²) in [5.41, 5.74) is 1.30. The quantitative estimate of drug-likeness (QED) is 0.742. The van der Waals surface area contributed by atoms with Gasteiger partial charge in [-0.05, 0) is 32.8 Å². The summed E-state index contributed by atoms with van der Waals surface area (Å²) >= 11 is 0. The molecule has 1 aliphatic carbocycles. The summed E-state index contributed by atoms with van der Waals surface area (Å²) in [7, 11) is 1.73. The van der Waals surface area contributed by atoms with Crippen LogP contribution in [0.3, 0.4) is 0 Å². The van der Waals surface area contributed by atoms with Crippen molar-refractivity contribution in [2.24, 2.45) is 7.05 Å². The third-order valence-corrected chi connectivity index (χ3v) is 3.07. The molecule has 19 heavy (non-hydrogen) atoms.